The smallest absolute Gasteiger partial charge is 0.408 e. The summed E-state index contributed by atoms with van der Waals surface area (Å²) in [5.74, 6) is -3.91. The van der Waals surface area contributed by atoms with Gasteiger partial charge in [0.05, 0.1) is 10.9 Å². The molecule has 1 N–H and O–H groups in total. The molecule has 0 spiro atoms. The van der Waals surface area contributed by atoms with Gasteiger partial charge in [0.25, 0.3) is 0 Å². The van der Waals surface area contributed by atoms with Crippen molar-refractivity contribution in [3.63, 3.8) is 0 Å². The highest BCUT2D eigenvalue weighted by atomic mass is 32.2. The summed E-state index contributed by atoms with van der Waals surface area (Å²) in [7, 11) is 0. The lowest BCUT2D eigenvalue weighted by Gasteiger charge is -2.27. The fourth-order valence-corrected chi connectivity index (χ4v) is 4.78. The maximum absolute atomic E-state index is 13.5. The van der Waals surface area contributed by atoms with E-state index in [1.807, 2.05) is 0 Å². The first-order chi connectivity index (χ1) is 17.8. The number of hydrogen-bond donors (Lipinski definition) is 1. The lowest BCUT2D eigenvalue weighted by atomic mass is 9.97. The Kier molecular flexibility index (Phi) is 10.2. The van der Waals surface area contributed by atoms with Crippen LogP contribution in [0.15, 0.2) is 29.4 Å². The van der Waals surface area contributed by atoms with Crippen LogP contribution in [0, 0.1) is 5.92 Å². The number of rotatable bonds is 8. The number of amides is 3. The quantitative estimate of drug-likeness (QED) is 0.283. The number of carbonyl (C=O) groups excluding carboxylic acids is 5. The molecule has 12 heteroatoms. The Morgan fingerprint density at radius 2 is 1.51 bits per heavy atom. The molecule has 0 saturated carbocycles. The van der Waals surface area contributed by atoms with E-state index in [2.05, 4.69) is 10.3 Å². The topological polar surface area (TPSA) is 141 Å². The Balaban J connectivity index is 2.40. The minimum absolute atomic E-state index is 0.270. The molecule has 39 heavy (non-hydrogen) atoms. The van der Waals surface area contributed by atoms with E-state index in [0.29, 0.717) is 5.03 Å². The summed E-state index contributed by atoms with van der Waals surface area (Å²) in [4.78, 5) is 70.3. The zero-order valence-corrected chi connectivity index (χ0v) is 24.8. The van der Waals surface area contributed by atoms with Crippen molar-refractivity contribution in [2.24, 2.45) is 5.92 Å². The van der Waals surface area contributed by atoms with Crippen LogP contribution in [0.1, 0.15) is 68.7 Å². The van der Waals surface area contributed by atoms with Crippen LogP contribution >= 0.6 is 11.8 Å². The van der Waals surface area contributed by atoms with Gasteiger partial charge >= 0.3 is 18.0 Å². The maximum atomic E-state index is 13.5. The third-order valence-corrected chi connectivity index (χ3v) is 6.19. The van der Waals surface area contributed by atoms with Crippen molar-refractivity contribution >= 4 is 41.6 Å². The number of ether oxygens (including phenoxy) is 3. The minimum atomic E-state index is -1.31. The SMILES string of the molecule is CC(C)(C)OC(=O)CN1C(=O)C(C[C@H](NC(=O)OC(C)(C)C)C(=O)OC(C)(C)C)C(Sc2ccccn2)C1=O. The number of pyridine rings is 1. The number of likely N-dealkylation sites (tertiary alicyclic amines) is 1. The Morgan fingerprint density at radius 1 is 0.923 bits per heavy atom. The minimum Gasteiger partial charge on any atom is -0.459 e. The molecule has 1 aliphatic heterocycles. The van der Waals surface area contributed by atoms with Crippen LogP contribution < -0.4 is 5.32 Å². The molecule has 2 rings (SSSR count). The normalized spacial score (nSPS) is 18.9. The molecule has 0 aliphatic carbocycles. The third kappa shape index (κ3) is 10.5. The molecule has 1 saturated heterocycles. The second-order valence-electron chi connectivity index (χ2n) is 12.1. The molecular formula is C27H39N3O8S. The van der Waals surface area contributed by atoms with Crippen molar-refractivity contribution < 1.29 is 38.2 Å². The van der Waals surface area contributed by atoms with E-state index in [1.165, 1.54) is 0 Å². The highest BCUT2D eigenvalue weighted by Crippen LogP contribution is 2.37. The van der Waals surface area contributed by atoms with Crippen molar-refractivity contribution in [2.45, 2.75) is 102 Å². The van der Waals surface area contributed by atoms with Gasteiger partial charge in [0.15, 0.2) is 0 Å². The summed E-state index contributed by atoms with van der Waals surface area (Å²) in [5, 5.41) is 1.96. The van der Waals surface area contributed by atoms with E-state index >= 15 is 0 Å². The monoisotopic (exact) mass is 565 g/mol. The summed E-state index contributed by atoms with van der Waals surface area (Å²) in [5.41, 5.74) is -2.54. The molecule has 216 valence electrons. The van der Waals surface area contributed by atoms with Crippen molar-refractivity contribution in [3.05, 3.63) is 24.4 Å². The number of aromatic nitrogens is 1. The van der Waals surface area contributed by atoms with E-state index in [-0.39, 0.29) is 6.42 Å². The number of nitrogens with one attached hydrogen (secondary N) is 1. The predicted octanol–water partition coefficient (Wildman–Crippen LogP) is 3.49. The van der Waals surface area contributed by atoms with Gasteiger partial charge in [-0.15, -0.1) is 0 Å². The van der Waals surface area contributed by atoms with Crippen molar-refractivity contribution in [1.82, 2.24) is 15.2 Å². The van der Waals surface area contributed by atoms with Crippen LogP contribution in [0.25, 0.3) is 0 Å². The van der Waals surface area contributed by atoms with Crippen LogP contribution in [0.3, 0.4) is 0 Å². The van der Waals surface area contributed by atoms with Crippen molar-refractivity contribution in [1.29, 1.82) is 0 Å². The van der Waals surface area contributed by atoms with E-state index in [4.69, 9.17) is 14.2 Å². The second-order valence-corrected chi connectivity index (χ2v) is 13.3. The standard InChI is InChI=1S/C27H39N3O8S/c1-25(2,3)36-19(31)15-30-21(32)16(20(22(30)33)39-18-12-10-11-13-28-18)14-17(23(34)37-26(4,5)6)29-24(35)38-27(7,8)9/h10-13,16-17,20H,14-15H2,1-9H3,(H,29,35)/t16?,17-,20?/m0/s1. The van der Waals surface area contributed by atoms with Gasteiger partial charge in [-0.05, 0) is 80.9 Å². The number of hydrogen-bond acceptors (Lipinski definition) is 10. The number of imide groups is 1. The van der Waals surface area contributed by atoms with Gasteiger partial charge in [0, 0.05) is 6.20 Å². The summed E-state index contributed by atoms with van der Waals surface area (Å²) < 4.78 is 16.1. The zero-order chi connectivity index (χ0) is 29.8. The van der Waals surface area contributed by atoms with Crippen molar-refractivity contribution in [3.8, 4) is 0 Å². The van der Waals surface area contributed by atoms with E-state index < -0.39 is 70.4 Å². The van der Waals surface area contributed by atoms with Crippen LogP contribution in [-0.2, 0) is 33.4 Å². The summed E-state index contributed by atoms with van der Waals surface area (Å²) in [6, 6.07) is 3.81. The zero-order valence-electron chi connectivity index (χ0n) is 24.0. The molecule has 2 heterocycles. The van der Waals surface area contributed by atoms with E-state index in [0.717, 1.165) is 16.7 Å². The molecule has 1 fully saturated rings. The molecule has 0 bridgehead atoms. The van der Waals surface area contributed by atoms with E-state index in [9.17, 15) is 24.0 Å². The third-order valence-electron chi connectivity index (χ3n) is 4.92. The van der Waals surface area contributed by atoms with Gasteiger partial charge in [-0.1, -0.05) is 17.8 Å². The molecule has 1 aliphatic rings. The van der Waals surface area contributed by atoms with Gasteiger partial charge < -0.3 is 19.5 Å². The summed E-state index contributed by atoms with van der Waals surface area (Å²) in [6.07, 6.45) is 0.397. The summed E-state index contributed by atoms with van der Waals surface area (Å²) >= 11 is 1.04. The van der Waals surface area contributed by atoms with Crippen LogP contribution in [-0.4, -0.2) is 74.4 Å². The van der Waals surface area contributed by atoms with Crippen LogP contribution in [0.5, 0.6) is 0 Å². The lowest BCUT2D eigenvalue weighted by Crippen LogP contribution is -2.48. The Morgan fingerprint density at radius 3 is 2.03 bits per heavy atom. The number of carbonyl (C=O) groups is 5. The predicted molar refractivity (Wildman–Crippen MR) is 144 cm³/mol. The molecule has 0 aromatic carbocycles. The Bertz CT molecular complexity index is 1070. The molecule has 3 amide bonds. The average Bonchev–Trinajstić information content (AvgIpc) is 2.94. The molecule has 2 unspecified atom stereocenters. The first kappa shape index (κ1) is 32.1. The Hall–Kier alpha value is -3.15. The number of thioether (sulfide) groups is 1. The maximum Gasteiger partial charge on any atom is 0.408 e. The van der Waals surface area contributed by atoms with Gasteiger partial charge in [0.1, 0.15) is 34.6 Å². The fraction of sp³-hybridized carbons (Fsp3) is 0.630. The number of nitrogens with zero attached hydrogens (tertiary/aromatic N) is 2. The number of alkyl carbamates (subject to hydrolysis) is 1. The largest absolute Gasteiger partial charge is 0.459 e. The Labute approximate surface area is 233 Å². The van der Waals surface area contributed by atoms with E-state index in [1.54, 1.807) is 86.7 Å². The molecule has 0 radical (unpaired) electrons. The van der Waals surface area contributed by atoms with Gasteiger partial charge in [-0.2, -0.15) is 0 Å². The highest BCUT2D eigenvalue weighted by molar-refractivity contribution is 8.00. The van der Waals surface area contributed by atoms with Crippen LogP contribution in [0.4, 0.5) is 4.79 Å². The summed E-state index contributed by atoms with van der Waals surface area (Å²) in [6.45, 7) is 14.5. The van der Waals surface area contributed by atoms with Gasteiger partial charge in [-0.3, -0.25) is 19.3 Å². The average molecular weight is 566 g/mol. The van der Waals surface area contributed by atoms with Crippen molar-refractivity contribution in [2.75, 3.05) is 6.54 Å². The van der Waals surface area contributed by atoms with Gasteiger partial charge in [-0.25, -0.2) is 14.6 Å². The molecule has 1 aromatic heterocycles. The fourth-order valence-electron chi connectivity index (χ4n) is 3.62. The first-order valence-corrected chi connectivity index (χ1v) is 13.5. The first-order valence-electron chi connectivity index (χ1n) is 12.6. The number of esters is 2. The lowest BCUT2D eigenvalue weighted by molar-refractivity contribution is -0.161. The molecular weight excluding hydrogens is 526 g/mol. The van der Waals surface area contributed by atoms with Gasteiger partial charge in [0.2, 0.25) is 11.8 Å². The second kappa shape index (κ2) is 12.4. The highest BCUT2D eigenvalue weighted by Gasteiger charge is 2.51. The molecule has 1 aromatic rings. The molecule has 11 nitrogen and oxygen atoms in total. The molecule has 3 atom stereocenters. The van der Waals surface area contributed by atoms with Crippen LogP contribution in [0.2, 0.25) is 0 Å².